The maximum absolute atomic E-state index is 11.3. The number of nitrogens with one attached hydrogen (secondary N) is 1. The van der Waals surface area contributed by atoms with E-state index in [1.54, 1.807) is 11.9 Å². The van der Waals surface area contributed by atoms with Crippen LogP contribution in [0.5, 0.6) is 0 Å². The fourth-order valence-electron chi connectivity index (χ4n) is 0.757. The molecule has 0 aromatic heterocycles. The van der Waals surface area contributed by atoms with Crippen LogP contribution in [0.2, 0.25) is 0 Å². The summed E-state index contributed by atoms with van der Waals surface area (Å²) in [6, 6.07) is 0. The number of nitrogens with two attached hydrogens (primary N) is 1. The Morgan fingerprint density at radius 2 is 2.31 bits per heavy atom. The van der Waals surface area contributed by atoms with Crippen molar-refractivity contribution in [1.82, 2.24) is 10.2 Å². The summed E-state index contributed by atoms with van der Waals surface area (Å²) in [4.78, 5) is 12.9. The van der Waals surface area contributed by atoms with E-state index in [0.29, 0.717) is 19.7 Å². The Kier molecular flexibility index (Phi) is 7.57. The molecule has 0 aromatic carbocycles. The van der Waals surface area contributed by atoms with Gasteiger partial charge in [0.1, 0.15) is 6.61 Å². The molecule has 0 aliphatic rings. The van der Waals surface area contributed by atoms with Crippen molar-refractivity contribution in [3.8, 4) is 0 Å². The molecule has 1 amide bonds. The van der Waals surface area contributed by atoms with Gasteiger partial charge < -0.3 is 20.7 Å². The van der Waals surface area contributed by atoms with E-state index in [-0.39, 0.29) is 12.5 Å². The minimum absolute atomic E-state index is 0.0105. The van der Waals surface area contributed by atoms with Crippen molar-refractivity contribution < 1.29 is 9.53 Å². The number of nitrogens with zero attached hydrogens (tertiary/aromatic N) is 1. The molecule has 5 nitrogen and oxygen atoms in total. The van der Waals surface area contributed by atoms with Gasteiger partial charge in [-0.1, -0.05) is 0 Å². The number of likely N-dealkylation sites (N-methyl/N-ethyl adjacent to an activating group) is 2. The Morgan fingerprint density at radius 1 is 1.62 bits per heavy atom. The van der Waals surface area contributed by atoms with Crippen LogP contribution in [0, 0.1) is 0 Å². The fourth-order valence-corrected chi connectivity index (χ4v) is 0.757. The van der Waals surface area contributed by atoms with Crippen LogP contribution >= 0.6 is 0 Å². The zero-order valence-electron chi connectivity index (χ0n) is 8.38. The largest absolute Gasteiger partial charge is 0.370 e. The predicted molar refractivity (Wildman–Crippen MR) is 51.4 cm³/mol. The molecule has 0 fully saturated rings. The van der Waals surface area contributed by atoms with Gasteiger partial charge in [0, 0.05) is 26.7 Å². The van der Waals surface area contributed by atoms with Crippen LogP contribution in [0.15, 0.2) is 0 Å². The topological polar surface area (TPSA) is 67.6 Å². The highest BCUT2D eigenvalue weighted by Gasteiger charge is 2.06. The summed E-state index contributed by atoms with van der Waals surface area (Å²) in [6.45, 7) is 2.50. The average Bonchev–Trinajstić information content (AvgIpc) is 2.14. The molecule has 0 bridgehead atoms. The van der Waals surface area contributed by atoms with Crippen molar-refractivity contribution in [2.75, 3.05) is 46.9 Å². The van der Waals surface area contributed by atoms with Crippen molar-refractivity contribution in [2.45, 2.75) is 0 Å². The van der Waals surface area contributed by atoms with Crippen LogP contribution < -0.4 is 11.1 Å². The van der Waals surface area contributed by atoms with E-state index < -0.39 is 0 Å². The van der Waals surface area contributed by atoms with Gasteiger partial charge in [-0.25, -0.2) is 0 Å². The zero-order chi connectivity index (χ0) is 10.1. The SMILES string of the molecule is CNCCN(C)C(=O)COCCN. The third-order valence-electron chi connectivity index (χ3n) is 1.61. The molecule has 0 rings (SSSR count). The van der Waals surface area contributed by atoms with E-state index in [9.17, 15) is 4.79 Å². The first-order chi connectivity index (χ1) is 6.22. The van der Waals surface area contributed by atoms with E-state index >= 15 is 0 Å². The lowest BCUT2D eigenvalue weighted by atomic mass is 10.5. The number of rotatable bonds is 7. The lowest BCUT2D eigenvalue weighted by Gasteiger charge is -2.16. The van der Waals surface area contributed by atoms with E-state index in [4.69, 9.17) is 10.5 Å². The standard InChI is InChI=1S/C8H19N3O2/c1-10-4-5-11(2)8(12)7-13-6-3-9/h10H,3-7,9H2,1-2H3. The summed E-state index contributed by atoms with van der Waals surface area (Å²) in [5.41, 5.74) is 5.21. The summed E-state index contributed by atoms with van der Waals surface area (Å²) < 4.78 is 5.01. The van der Waals surface area contributed by atoms with Crippen LogP contribution in [-0.4, -0.2) is 57.8 Å². The number of ether oxygens (including phenoxy) is 1. The summed E-state index contributed by atoms with van der Waals surface area (Å²) in [5, 5.41) is 2.97. The molecule has 0 atom stereocenters. The predicted octanol–water partition coefficient (Wildman–Crippen LogP) is -1.36. The molecular formula is C8H19N3O2. The Balaban J connectivity index is 3.45. The first-order valence-electron chi connectivity index (χ1n) is 4.38. The molecule has 0 aliphatic heterocycles. The highest BCUT2D eigenvalue weighted by atomic mass is 16.5. The van der Waals surface area contributed by atoms with Gasteiger partial charge in [0.25, 0.3) is 0 Å². The third-order valence-corrected chi connectivity index (χ3v) is 1.61. The molecular weight excluding hydrogens is 170 g/mol. The Morgan fingerprint density at radius 3 is 2.85 bits per heavy atom. The van der Waals surface area contributed by atoms with Gasteiger partial charge in [0.2, 0.25) is 5.91 Å². The van der Waals surface area contributed by atoms with Gasteiger partial charge in [-0.3, -0.25) is 4.79 Å². The van der Waals surface area contributed by atoms with Crippen molar-refractivity contribution in [3.05, 3.63) is 0 Å². The molecule has 0 aromatic rings. The van der Waals surface area contributed by atoms with Crippen molar-refractivity contribution in [3.63, 3.8) is 0 Å². The number of carbonyl (C=O) groups excluding carboxylic acids is 1. The minimum atomic E-state index is -0.0105. The van der Waals surface area contributed by atoms with Gasteiger partial charge in [0.05, 0.1) is 6.61 Å². The molecule has 0 saturated heterocycles. The number of amides is 1. The molecule has 0 unspecified atom stereocenters. The highest BCUT2D eigenvalue weighted by Crippen LogP contribution is 1.85. The molecule has 0 aliphatic carbocycles. The quantitative estimate of drug-likeness (QED) is 0.485. The van der Waals surface area contributed by atoms with Crippen LogP contribution in [0.3, 0.4) is 0 Å². The van der Waals surface area contributed by atoms with Gasteiger partial charge in [-0.15, -0.1) is 0 Å². The van der Waals surface area contributed by atoms with E-state index in [2.05, 4.69) is 5.32 Å². The normalized spacial score (nSPS) is 10.1. The van der Waals surface area contributed by atoms with Gasteiger partial charge in [-0.2, -0.15) is 0 Å². The van der Waals surface area contributed by atoms with Crippen molar-refractivity contribution in [2.24, 2.45) is 5.73 Å². The highest BCUT2D eigenvalue weighted by molar-refractivity contribution is 5.77. The smallest absolute Gasteiger partial charge is 0.248 e. The maximum Gasteiger partial charge on any atom is 0.248 e. The van der Waals surface area contributed by atoms with Gasteiger partial charge in [-0.05, 0) is 7.05 Å². The molecule has 3 N–H and O–H groups in total. The Labute approximate surface area is 79.2 Å². The number of carbonyl (C=O) groups is 1. The second-order valence-corrected chi connectivity index (χ2v) is 2.76. The van der Waals surface area contributed by atoms with E-state index in [0.717, 1.165) is 6.54 Å². The Hall–Kier alpha value is -0.650. The monoisotopic (exact) mass is 189 g/mol. The Bertz CT molecular complexity index is 141. The van der Waals surface area contributed by atoms with Crippen LogP contribution in [0.25, 0.3) is 0 Å². The summed E-state index contributed by atoms with van der Waals surface area (Å²) >= 11 is 0. The molecule has 13 heavy (non-hydrogen) atoms. The molecule has 0 saturated carbocycles. The lowest BCUT2D eigenvalue weighted by molar-refractivity contribution is -0.134. The molecule has 0 heterocycles. The van der Waals surface area contributed by atoms with E-state index in [1.165, 1.54) is 0 Å². The second kappa shape index (κ2) is 7.97. The van der Waals surface area contributed by atoms with Crippen LogP contribution in [-0.2, 0) is 9.53 Å². The molecule has 0 spiro atoms. The van der Waals surface area contributed by atoms with Crippen LogP contribution in [0.4, 0.5) is 0 Å². The summed E-state index contributed by atoms with van der Waals surface area (Å²) in [6.07, 6.45) is 0. The van der Waals surface area contributed by atoms with Crippen LogP contribution in [0.1, 0.15) is 0 Å². The van der Waals surface area contributed by atoms with E-state index in [1.807, 2.05) is 7.05 Å². The molecule has 78 valence electrons. The van der Waals surface area contributed by atoms with Crippen molar-refractivity contribution in [1.29, 1.82) is 0 Å². The maximum atomic E-state index is 11.3. The summed E-state index contributed by atoms with van der Waals surface area (Å²) in [5.74, 6) is -0.0105. The minimum Gasteiger partial charge on any atom is -0.370 e. The second-order valence-electron chi connectivity index (χ2n) is 2.76. The average molecular weight is 189 g/mol. The van der Waals surface area contributed by atoms with Crippen molar-refractivity contribution >= 4 is 5.91 Å². The number of hydrogen-bond acceptors (Lipinski definition) is 4. The number of hydrogen-bond donors (Lipinski definition) is 2. The van der Waals surface area contributed by atoms with Gasteiger partial charge in [0.15, 0.2) is 0 Å². The fraction of sp³-hybridized carbons (Fsp3) is 0.875. The first-order valence-corrected chi connectivity index (χ1v) is 4.38. The molecule has 5 heteroatoms. The first kappa shape index (κ1) is 12.3. The zero-order valence-corrected chi connectivity index (χ0v) is 8.38. The summed E-state index contributed by atoms with van der Waals surface area (Å²) in [7, 11) is 3.61. The molecule has 0 radical (unpaired) electrons. The third kappa shape index (κ3) is 6.51. The van der Waals surface area contributed by atoms with Gasteiger partial charge >= 0.3 is 0 Å². The lowest BCUT2D eigenvalue weighted by Crippen LogP contribution is -2.35.